The lowest BCUT2D eigenvalue weighted by Crippen LogP contribution is -2.32. The number of para-hydroxylation sites is 2. The molecule has 1 aliphatic rings. The first kappa shape index (κ1) is 30.2. The topological polar surface area (TPSA) is 90.7 Å². The van der Waals surface area contributed by atoms with Crippen molar-refractivity contribution in [3.05, 3.63) is 124 Å². The van der Waals surface area contributed by atoms with Gasteiger partial charge in [-0.05, 0) is 84.1 Å². The van der Waals surface area contributed by atoms with E-state index in [1.165, 1.54) is 16.7 Å². The monoisotopic (exact) mass is 623 g/mol. The molecule has 9 nitrogen and oxygen atoms in total. The van der Waals surface area contributed by atoms with E-state index < -0.39 is 0 Å². The van der Waals surface area contributed by atoms with Crippen LogP contribution in [0.1, 0.15) is 32.7 Å². The van der Waals surface area contributed by atoms with Gasteiger partial charge in [-0.1, -0.05) is 47.1 Å². The van der Waals surface area contributed by atoms with Crippen molar-refractivity contribution >= 4 is 23.2 Å². The van der Waals surface area contributed by atoms with Gasteiger partial charge >= 0.3 is 0 Å². The fraction of sp³-hybridized carbons (Fsp3) is 0.229. The second-order valence-corrected chi connectivity index (χ2v) is 11.3. The molecule has 2 heterocycles. The van der Waals surface area contributed by atoms with Crippen molar-refractivity contribution in [3.63, 3.8) is 0 Å². The molecule has 1 N–H and O–H groups in total. The van der Waals surface area contributed by atoms with Crippen molar-refractivity contribution in [1.82, 2.24) is 19.9 Å². The third kappa shape index (κ3) is 7.28. The summed E-state index contributed by atoms with van der Waals surface area (Å²) in [6.07, 6.45) is 3.79. The number of nitrogens with zero attached hydrogens (tertiary/aromatic N) is 4. The molecule has 10 heteroatoms. The van der Waals surface area contributed by atoms with Gasteiger partial charge in [-0.3, -0.25) is 9.69 Å². The van der Waals surface area contributed by atoms with Crippen molar-refractivity contribution in [1.29, 1.82) is 0 Å². The predicted octanol–water partition coefficient (Wildman–Crippen LogP) is 6.37. The second kappa shape index (κ2) is 13.8. The molecule has 45 heavy (non-hydrogen) atoms. The van der Waals surface area contributed by atoms with Crippen LogP contribution in [-0.2, 0) is 26.0 Å². The van der Waals surface area contributed by atoms with Crippen molar-refractivity contribution in [2.24, 2.45) is 0 Å². The number of methoxy groups -OCH3 is 2. The molecule has 0 spiro atoms. The molecule has 0 saturated carbocycles. The number of carbonyl (C=O) groups is 1. The Bertz CT molecular complexity index is 1790. The molecular formula is C35H34ClN5O4. The summed E-state index contributed by atoms with van der Waals surface area (Å²) in [5, 5.41) is 12.0. The van der Waals surface area contributed by atoms with Crippen LogP contribution in [-0.4, -0.2) is 53.1 Å². The summed E-state index contributed by atoms with van der Waals surface area (Å²) in [4.78, 5) is 15.2. The van der Waals surface area contributed by atoms with Crippen LogP contribution in [0.15, 0.2) is 91.1 Å². The maximum atomic E-state index is 12.7. The van der Waals surface area contributed by atoms with Gasteiger partial charge in [0.25, 0.3) is 5.91 Å². The number of nitrogens with one attached hydrogen (secondary N) is 1. The predicted molar refractivity (Wildman–Crippen MR) is 174 cm³/mol. The molecule has 0 radical (unpaired) electrons. The first-order valence-electron chi connectivity index (χ1n) is 14.7. The maximum absolute atomic E-state index is 12.7. The standard InChI is InChI=1S/C35H34ClN5O4/c1-43-33-19-25-15-17-40(21-27(25)20-34(33)44-2)16-14-24-10-12-30(13-11-24)41-22-29(38-39-41)23-45-32-9-4-3-8-31(32)37-35(42)26-6-5-7-28(36)18-26/h3-13,18-20,22H,14-17,21,23H2,1-2H3,(H,37,42). The Hall–Kier alpha value is -4.86. The number of amides is 1. The number of hydrogen-bond donors (Lipinski definition) is 1. The minimum atomic E-state index is -0.272. The summed E-state index contributed by atoms with van der Waals surface area (Å²) < 4.78 is 18.7. The van der Waals surface area contributed by atoms with E-state index in [4.69, 9.17) is 25.8 Å². The minimum absolute atomic E-state index is 0.194. The van der Waals surface area contributed by atoms with Crippen LogP contribution in [0.4, 0.5) is 5.69 Å². The van der Waals surface area contributed by atoms with Gasteiger partial charge in [-0.25, -0.2) is 4.68 Å². The van der Waals surface area contributed by atoms with E-state index >= 15 is 0 Å². The molecule has 0 unspecified atom stereocenters. The number of benzene rings is 4. The Morgan fingerprint density at radius 1 is 0.911 bits per heavy atom. The zero-order valence-corrected chi connectivity index (χ0v) is 26.0. The maximum Gasteiger partial charge on any atom is 0.255 e. The Kier molecular flexibility index (Phi) is 9.28. The largest absolute Gasteiger partial charge is 0.493 e. The first-order valence-corrected chi connectivity index (χ1v) is 15.1. The molecular weight excluding hydrogens is 590 g/mol. The molecule has 5 aromatic rings. The average molecular weight is 624 g/mol. The van der Waals surface area contributed by atoms with Gasteiger partial charge in [0, 0.05) is 30.2 Å². The summed E-state index contributed by atoms with van der Waals surface area (Å²) in [5.74, 6) is 1.83. The quantitative estimate of drug-likeness (QED) is 0.183. The van der Waals surface area contributed by atoms with E-state index in [-0.39, 0.29) is 12.5 Å². The van der Waals surface area contributed by atoms with Crippen molar-refractivity contribution in [2.75, 3.05) is 32.6 Å². The SMILES string of the molecule is COc1cc2c(cc1OC)CN(CCc1ccc(-n3cc(COc4ccccc4NC(=O)c4cccc(Cl)c4)nn3)cc1)CC2. The number of ether oxygens (including phenoxy) is 3. The number of aromatic nitrogens is 3. The van der Waals surface area contributed by atoms with Crippen molar-refractivity contribution < 1.29 is 19.0 Å². The van der Waals surface area contributed by atoms with Crippen LogP contribution in [0.2, 0.25) is 5.02 Å². The second-order valence-electron chi connectivity index (χ2n) is 10.8. The summed E-state index contributed by atoms with van der Waals surface area (Å²) >= 11 is 6.04. The third-order valence-corrected chi connectivity index (χ3v) is 8.09. The van der Waals surface area contributed by atoms with Crippen LogP contribution >= 0.6 is 11.6 Å². The van der Waals surface area contributed by atoms with E-state index in [0.717, 1.165) is 49.7 Å². The number of halogens is 1. The molecule has 6 rings (SSSR count). The molecule has 1 aromatic heterocycles. The normalized spacial score (nSPS) is 12.8. The zero-order valence-electron chi connectivity index (χ0n) is 25.2. The highest BCUT2D eigenvalue weighted by molar-refractivity contribution is 6.31. The van der Waals surface area contributed by atoms with E-state index in [1.807, 2.05) is 18.3 Å². The molecule has 1 aliphatic heterocycles. The minimum Gasteiger partial charge on any atom is -0.493 e. The summed E-state index contributed by atoms with van der Waals surface area (Å²) in [6, 6.07) is 26.6. The zero-order chi connectivity index (χ0) is 31.2. The lowest BCUT2D eigenvalue weighted by atomic mass is 9.98. The van der Waals surface area contributed by atoms with Crippen molar-refractivity contribution in [3.8, 4) is 22.9 Å². The summed E-state index contributed by atoms with van der Waals surface area (Å²) in [6.45, 7) is 3.08. The fourth-order valence-corrected chi connectivity index (χ4v) is 5.59. The van der Waals surface area contributed by atoms with E-state index in [1.54, 1.807) is 55.3 Å². The van der Waals surface area contributed by atoms with Gasteiger partial charge in [0.15, 0.2) is 11.5 Å². The Balaban J connectivity index is 1.02. The number of anilines is 1. The highest BCUT2D eigenvalue weighted by Gasteiger charge is 2.19. The van der Waals surface area contributed by atoms with Crippen LogP contribution < -0.4 is 19.5 Å². The molecule has 230 valence electrons. The van der Waals surface area contributed by atoms with Crippen LogP contribution in [0, 0.1) is 0 Å². The first-order chi connectivity index (χ1) is 22.0. The van der Waals surface area contributed by atoms with Gasteiger partial charge in [-0.15, -0.1) is 5.10 Å². The van der Waals surface area contributed by atoms with E-state index in [2.05, 4.69) is 56.9 Å². The highest BCUT2D eigenvalue weighted by atomic mass is 35.5. The molecule has 0 fully saturated rings. The molecule has 0 saturated heterocycles. The van der Waals surface area contributed by atoms with Crippen LogP contribution in [0.5, 0.6) is 17.2 Å². The van der Waals surface area contributed by atoms with Crippen molar-refractivity contribution in [2.45, 2.75) is 26.0 Å². The fourth-order valence-electron chi connectivity index (χ4n) is 5.40. The highest BCUT2D eigenvalue weighted by Crippen LogP contribution is 2.33. The lowest BCUT2D eigenvalue weighted by molar-refractivity contribution is 0.102. The van der Waals surface area contributed by atoms with Gasteiger partial charge in [0.05, 0.1) is 31.8 Å². The van der Waals surface area contributed by atoms with Gasteiger partial charge in [-0.2, -0.15) is 0 Å². The molecule has 1 amide bonds. The van der Waals surface area contributed by atoms with Gasteiger partial charge < -0.3 is 19.5 Å². The lowest BCUT2D eigenvalue weighted by Gasteiger charge is -2.29. The summed E-state index contributed by atoms with van der Waals surface area (Å²) in [7, 11) is 3.35. The summed E-state index contributed by atoms with van der Waals surface area (Å²) in [5.41, 5.74) is 6.48. The number of rotatable bonds is 11. The Morgan fingerprint density at radius 2 is 1.69 bits per heavy atom. The number of fused-ring (bicyclic) bond motifs is 1. The number of carbonyl (C=O) groups excluding carboxylic acids is 1. The molecule has 0 atom stereocenters. The third-order valence-electron chi connectivity index (χ3n) is 7.85. The Labute approximate surface area is 267 Å². The molecule has 4 aromatic carbocycles. The van der Waals surface area contributed by atoms with Gasteiger partial charge in [0.2, 0.25) is 0 Å². The molecule has 0 aliphatic carbocycles. The average Bonchev–Trinajstić information content (AvgIpc) is 3.55. The molecule has 0 bridgehead atoms. The van der Waals surface area contributed by atoms with Gasteiger partial charge in [0.1, 0.15) is 18.1 Å². The van der Waals surface area contributed by atoms with E-state index in [0.29, 0.717) is 27.7 Å². The Morgan fingerprint density at radius 3 is 2.47 bits per heavy atom. The van der Waals surface area contributed by atoms with Crippen LogP contribution in [0.25, 0.3) is 5.69 Å². The number of hydrogen-bond acceptors (Lipinski definition) is 7. The smallest absolute Gasteiger partial charge is 0.255 e. The van der Waals surface area contributed by atoms with Crippen LogP contribution in [0.3, 0.4) is 0 Å². The van der Waals surface area contributed by atoms with E-state index in [9.17, 15) is 4.79 Å².